The number of para-hydroxylation sites is 1. The molecule has 0 saturated carbocycles. The molecule has 0 radical (unpaired) electrons. The van der Waals surface area contributed by atoms with Crippen LogP contribution in [-0.4, -0.2) is 27.7 Å². The summed E-state index contributed by atoms with van der Waals surface area (Å²) < 4.78 is 0. The number of carboxylic acids is 1. The number of carbonyl (C=O) groups is 2. The quantitative estimate of drug-likeness (QED) is 0.631. The third-order valence-corrected chi connectivity index (χ3v) is 5.81. The summed E-state index contributed by atoms with van der Waals surface area (Å²) >= 11 is 1.47. The number of anilines is 1. The molecule has 0 spiro atoms. The molecule has 1 aliphatic rings. The first-order chi connectivity index (χ1) is 13.1. The summed E-state index contributed by atoms with van der Waals surface area (Å²) in [4.78, 5) is 23.8. The molecule has 0 aromatic heterocycles. The lowest BCUT2D eigenvalue weighted by atomic mass is 10.0. The van der Waals surface area contributed by atoms with Crippen molar-refractivity contribution in [2.24, 2.45) is 0 Å². The largest absolute Gasteiger partial charge is 0.478 e. The van der Waals surface area contributed by atoms with E-state index in [2.05, 4.69) is 34.9 Å². The summed E-state index contributed by atoms with van der Waals surface area (Å²) in [5, 5.41) is 17.4. The second kappa shape index (κ2) is 7.32. The Labute approximate surface area is 160 Å². The maximum Gasteiger partial charge on any atom is 0.337 e. The number of hydrogen-bond acceptors (Lipinski definition) is 4. The van der Waals surface area contributed by atoms with Crippen molar-refractivity contribution in [1.82, 2.24) is 5.32 Å². The van der Waals surface area contributed by atoms with E-state index in [-0.39, 0.29) is 22.2 Å². The van der Waals surface area contributed by atoms with Crippen LogP contribution >= 0.6 is 11.8 Å². The van der Waals surface area contributed by atoms with Crippen LogP contribution < -0.4 is 10.6 Å². The summed E-state index contributed by atoms with van der Waals surface area (Å²) in [7, 11) is 0. The average Bonchev–Trinajstić information content (AvgIpc) is 3.01. The monoisotopic (exact) mass is 378 g/mol. The van der Waals surface area contributed by atoms with Crippen molar-refractivity contribution in [3.63, 3.8) is 0 Å². The molecule has 3 aromatic carbocycles. The van der Waals surface area contributed by atoms with Gasteiger partial charge in [-0.1, -0.05) is 54.6 Å². The summed E-state index contributed by atoms with van der Waals surface area (Å²) in [6, 6.07) is 21.0. The predicted octanol–water partition coefficient (Wildman–Crippen LogP) is 3.71. The molecule has 136 valence electrons. The second-order valence-corrected chi connectivity index (χ2v) is 7.66. The Morgan fingerprint density at radius 1 is 1.04 bits per heavy atom. The Bertz CT molecular complexity index is 1020. The number of rotatable bonds is 5. The van der Waals surface area contributed by atoms with Crippen molar-refractivity contribution in [3.8, 4) is 0 Å². The van der Waals surface area contributed by atoms with Gasteiger partial charge in [-0.25, -0.2) is 4.79 Å². The first kappa shape index (κ1) is 17.4. The molecular formula is C21H18N2O3S. The molecule has 1 fully saturated rings. The molecule has 5 nitrogen and oxygen atoms in total. The van der Waals surface area contributed by atoms with Crippen LogP contribution in [0.3, 0.4) is 0 Å². The van der Waals surface area contributed by atoms with Gasteiger partial charge in [0.1, 0.15) is 5.50 Å². The molecule has 4 rings (SSSR count). The maximum atomic E-state index is 12.4. The van der Waals surface area contributed by atoms with E-state index in [1.165, 1.54) is 11.8 Å². The number of thioether (sulfide) groups is 1. The molecule has 6 heteroatoms. The van der Waals surface area contributed by atoms with Crippen molar-refractivity contribution in [2.75, 3.05) is 5.32 Å². The number of nitrogens with one attached hydrogen (secondary N) is 2. The number of fused-ring (bicyclic) bond motifs is 1. The van der Waals surface area contributed by atoms with E-state index in [9.17, 15) is 14.7 Å². The van der Waals surface area contributed by atoms with E-state index >= 15 is 0 Å². The molecule has 27 heavy (non-hydrogen) atoms. The second-order valence-electron chi connectivity index (χ2n) is 6.35. The van der Waals surface area contributed by atoms with Crippen LogP contribution in [0.2, 0.25) is 0 Å². The molecule has 0 bridgehead atoms. The number of aromatic carboxylic acids is 1. The number of carboxylic acid groups (broad SMARTS) is 1. The van der Waals surface area contributed by atoms with Gasteiger partial charge in [-0.2, -0.15) is 0 Å². The van der Waals surface area contributed by atoms with Gasteiger partial charge in [-0.3, -0.25) is 4.79 Å². The highest BCUT2D eigenvalue weighted by Gasteiger charge is 2.33. The fraction of sp³-hybridized carbons (Fsp3) is 0.143. The molecule has 3 aromatic rings. The highest BCUT2D eigenvalue weighted by Crippen LogP contribution is 2.30. The van der Waals surface area contributed by atoms with Crippen LogP contribution in [0.25, 0.3) is 10.8 Å². The normalized spacial score (nSPS) is 19.0. The smallest absolute Gasteiger partial charge is 0.337 e. The van der Waals surface area contributed by atoms with E-state index in [4.69, 9.17) is 0 Å². The molecule has 2 atom stereocenters. The van der Waals surface area contributed by atoms with E-state index in [0.717, 1.165) is 16.3 Å². The molecule has 1 heterocycles. The van der Waals surface area contributed by atoms with Gasteiger partial charge in [-0.05, 0) is 34.9 Å². The first-order valence-electron chi connectivity index (χ1n) is 8.63. The highest BCUT2D eigenvalue weighted by atomic mass is 32.2. The Hall–Kier alpha value is -2.99. The van der Waals surface area contributed by atoms with E-state index in [1.54, 1.807) is 24.3 Å². The van der Waals surface area contributed by atoms with Gasteiger partial charge in [0, 0.05) is 0 Å². The van der Waals surface area contributed by atoms with Gasteiger partial charge >= 0.3 is 5.97 Å². The van der Waals surface area contributed by atoms with E-state index in [1.807, 2.05) is 18.2 Å². The molecule has 0 aliphatic carbocycles. The standard InChI is InChI=1S/C21H18N2O3S/c24-19-18(12-14-8-5-7-13-6-1-2-9-15(13)14)27-21(23-19)22-17-11-4-3-10-16(17)20(25)26/h1-11,18,21-22H,12H2,(H,23,24)(H,25,26). The van der Waals surface area contributed by atoms with Crippen LogP contribution in [0.5, 0.6) is 0 Å². The van der Waals surface area contributed by atoms with Crippen LogP contribution in [0.4, 0.5) is 5.69 Å². The van der Waals surface area contributed by atoms with Gasteiger partial charge in [0.15, 0.2) is 0 Å². The fourth-order valence-electron chi connectivity index (χ4n) is 3.30. The minimum Gasteiger partial charge on any atom is -0.478 e. The van der Waals surface area contributed by atoms with Gasteiger partial charge in [0.05, 0.1) is 16.5 Å². The van der Waals surface area contributed by atoms with Crippen molar-refractivity contribution in [2.45, 2.75) is 17.2 Å². The topological polar surface area (TPSA) is 78.4 Å². The minimum absolute atomic E-state index is 0.0433. The summed E-state index contributed by atoms with van der Waals surface area (Å²) in [5.74, 6) is -1.04. The van der Waals surface area contributed by atoms with Gasteiger partial charge < -0.3 is 15.7 Å². The van der Waals surface area contributed by atoms with Crippen LogP contribution in [0.15, 0.2) is 66.7 Å². The lowest BCUT2D eigenvalue weighted by Crippen LogP contribution is -2.33. The van der Waals surface area contributed by atoms with Crippen molar-refractivity contribution >= 4 is 40.1 Å². The predicted molar refractivity (Wildman–Crippen MR) is 108 cm³/mol. The van der Waals surface area contributed by atoms with Gasteiger partial charge in [0.25, 0.3) is 0 Å². The molecule has 1 aliphatic heterocycles. The number of amides is 1. The van der Waals surface area contributed by atoms with Crippen LogP contribution in [0.1, 0.15) is 15.9 Å². The van der Waals surface area contributed by atoms with Crippen LogP contribution in [0, 0.1) is 0 Å². The van der Waals surface area contributed by atoms with Crippen molar-refractivity contribution in [1.29, 1.82) is 0 Å². The summed E-state index contributed by atoms with van der Waals surface area (Å²) in [6.07, 6.45) is 0.622. The van der Waals surface area contributed by atoms with Crippen molar-refractivity contribution < 1.29 is 14.7 Å². The highest BCUT2D eigenvalue weighted by molar-refractivity contribution is 8.01. The fourth-order valence-corrected chi connectivity index (χ4v) is 4.48. The average molecular weight is 378 g/mol. The first-order valence-corrected chi connectivity index (χ1v) is 9.57. The SMILES string of the molecule is O=C(O)c1ccccc1NC1NC(=O)C(Cc2cccc3ccccc23)S1. The van der Waals surface area contributed by atoms with E-state index < -0.39 is 5.97 Å². The summed E-state index contributed by atoms with van der Waals surface area (Å²) in [5.41, 5.74) is 1.45. The Morgan fingerprint density at radius 2 is 1.78 bits per heavy atom. The zero-order valence-electron chi connectivity index (χ0n) is 14.4. The Kier molecular flexibility index (Phi) is 4.73. The zero-order valence-corrected chi connectivity index (χ0v) is 15.2. The third-order valence-electron chi connectivity index (χ3n) is 4.60. The van der Waals surface area contributed by atoms with Gasteiger partial charge in [0.2, 0.25) is 5.91 Å². The zero-order chi connectivity index (χ0) is 18.8. The molecule has 1 saturated heterocycles. The molecule has 3 N–H and O–H groups in total. The molecular weight excluding hydrogens is 360 g/mol. The molecule has 2 unspecified atom stereocenters. The molecule has 1 amide bonds. The Morgan fingerprint density at radius 3 is 2.63 bits per heavy atom. The number of benzene rings is 3. The number of carbonyl (C=O) groups excluding carboxylic acids is 1. The lowest BCUT2D eigenvalue weighted by molar-refractivity contribution is -0.119. The lowest BCUT2D eigenvalue weighted by Gasteiger charge is -2.15. The maximum absolute atomic E-state index is 12.4. The summed E-state index contributed by atoms with van der Waals surface area (Å²) in [6.45, 7) is 0. The van der Waals surface area contributed by atoms with Gasteiger partial charge in [-0.15, -0.1) is 11.8 Å². The third kappa shape index (κ3) is 3.61. The number of hydrogen-bond donors (Lipinski definition) is 3. The van der Waals surface area contributed by atoms with Crippen molar-refractivity contribution in [3.05, 3.63) is 77.9 Å². The minimum atomic E-state index is -1.00. The Balaban J connectivity index is 1.51. The van der Waals surface area contributed by atoms with Crippen LogP contribution in [-0.2, 0) is 11.2 Å². The van der Waals surface area contributed by atoms with E-state index in [0.29, 0.717) is 12.1 Å².